The second-order valence-corrected chi connectivity index (χ2v) is 4.01. The van der Waals surface area contributed by atoms with Crippen LogP contribution in [0.15, 0.2) is 0 Å². The van der Waals surface area contributed by atoms with Gasteiger partial charge in [0.1, 0.15) is 0 Å². The third kappa shape index (κ3) is 6.78. The van der Waals surface area contributed by atoms with Gasteiger partial charge in [0.05, 0.1) is 18.2 Å². The highest BCUT2D eigenvalue weighted by atomic mass is 32.1. The Labute approximate surface area is 97.4 Å². The zero-order valence-corrected chi connectivity index (χ0v) is 10.4. The van der Waals surface area contributed by atoms with Gasteiger partial charge in [-0.25, -0.2) is 0 Å². The summed E-state index contributed by atoms with van der Waals surface area (Å²) in [7, 11) is 1.67. The standard InChI is InChI=1S/C10H22N2O2S/c1-3-9(8-10(11)15)12(4-6-13)5-7-14-2/h9,13H,3-8H2,1-2H3,(H2,11,15). The van der Waals surface area contributed by atoms with Gasteiger partial charge in [-0.1, -0.05) is 19.1 Å². The number of aliphatic hydroxyl groups excluding tert-OH is 1. The van der Waals surface area contributed by atoms with Crippen LogP contribution in [0.5, 0.6) is 0 Å². The molecule has 0 aromatic carbocycles. The lowest BCUT2D eigenvalue weighted by atomic mass is 10.1. The summed E-state index contributed by atoms with van der Waals surface area (Å²) < 4.78 is 5.03. The summed E-state index contributed by atoms with van der Waals surface area (Å²) in [5.41, 5.74) is 5.54. The van der Waals surface area contributed by atoms with E-state index in [4.69, 9.17) is 27.8 Å². The molecule has 5 heteroatoms. The number of nitrogens with zero attached hydrogens (tertiary/aromatic N) is 1. The maximum Gasteiger partial charge on any atom is 0.0743 e. The normalized spacial score (nSPS) is 13.1. The van der Waals surface area contributed by atoms with Crippen molar-refractivity contribution in [1.82, 2.24) is 4.90 Å². The third-order valence-corrected chi connectivity index (χ3v) is 2.56. The molecule has 0 amide bonds. The molecular weight excluding hydrogens is 212 g/mol. The smallest absolute Gasteiger partial charge is 0.0743 e. The lowest BCUT2D eigenvalue weighted by Crippen LogP contribution is -2.41. The quantitative estimate of drug-likeness (QED) is 0.565. The first kappa shape index (κ1) is 14.8. The molecule has 0 bridgehead atoms. The minimum atomic E-state index is 0.150. The summed E-state index contributed by atoms with van der Waals surface area (Å²) in [6, 6.07) is 0.310. The fourth-order valence-electron chi connectivity index (χ4n) is 1.58. The van der Waals surface area contributed by atoms with Gasteiger partial charge in [0, 0.05) is 32.7 Å². The summed E-state index contributed by atoms with van der Waals surface area (Å²) in [6.07, 6.45) is 1.68. The van der Waals surface area contributed by atoms with Gasteiger partial charge in [-0.15, -0.1) is 0 Å². The van der Waals surface area contributed by atoms with E-state index >= 15 is 0 Å². The van der Waals surface area contributed by atoms with Crippen LogP contribution in [0.3, 0.4) is 0 Å². The monoisotopic (exact) mass is 234 g/mol. The van der Waals surface area contributed by atoms with Gasteiger partial charge in [-0.05, 0) is 6.42 Å². The van der Waals surface area contributed by atoms with E-state index in [1.54, 1.807) is 7.11 Å². The molecule has 0 rings (SSSR count). The van der Waals surface area contributed by atoms with Crippen molar-refractivity contribution in [3.05, 3.63) is 0 Å². The number of hydrogen-bond donors (Lipinski definition) is 2. The first-order valence-electron chi connectivity index (χ1n) is 5.27. The lowest BCUT2D eigenvalue weighted by Gasteiger charge is -2.30. The summed E-state index contributed by atoms with van der Waals surface area (Å²) >= 11 is 4.91. The van der Waals surface area contributed by atoms with Gasteiger partial charge in [0.15, 0.2) is 0 Å². The SMILES string of the molecule is CCC(CC(N)=S)N(CCO)CCOC. The van der Waals surface area contributed by atoms with Crippen LogP contribution in [-0.4, -0.2) is 54.4 Å². The summed E-state index contributed by atoms with van der Waals surface area (Å²) in [5.74, 6) is 0. The molecule has 0 aromatic heterocycles. The van der Waals surface area contributed by atoms with E-state index in [0.29, 0.717) is 30.6 Å². The summed E-state index contributed by atoms with van der Waals surface area (Å²) in [4.78, 5) is 2.70. The second kappa shape index (κ2) is 9.03. The molecule has 1 atom stereocenters. The molecule has 0 saturated heterocycles. The molecule has 0 fully saturated rings. The van der Waals surface area contributed by atoms with Crippen LogP contribution >= 0.6 is 12.2 Å². The Morgan fingerprint density at radius 2 is 2.20 bits per heavy atom. The van der Waals surface area contributed by atoms with E-state index in [9.17, 15) is 0 Å². The number of ether oxygens (including phenoxy) is 1. The minimum Gasteiger partial charge on any atom is -0.395 e. The van der Waals surface area contributed by atoms with Crippen molar-refractivity contribution in [3.63, 3.8) is 0 Å². The van der Waals surface area contributed by atoms with Gasteiger partial charge >= 0.3 is 0 Å². The molecule has 0 heterocycles. The fourth-order valence-corrected chi connectivity index (χ4v) is 1.77. The molecule has 4 nitrogen and oxygen atoms in total. The van der Waals surface area contributed by atoms with E-state index in [1.807, 2.05) is 0 Å². The average Bonchev–Trinajstić information content (AvgIpc) is 2.20. The van der Waals surface area contributed by atoms with Crippen LogP contribution in [0.1, 0.15) is 19.8 Å². The summed E-state index contributed by atoms with van der Waals surface area (Å²) in [5, 5.41) is 8.97. The molecule has 0 aromatic rings. The number of hydrogen-bond acceptors (Lipinski definition) is 4. The van der Waals surface area contributed by atoms with Gasteiger partial charge < -0.3 is 15.6 Å². The Hall–Kier alpha value is -0.230. The van der Waals surface area contributed by atoms with E-state index in [-0.39, 0.29) is 6.61 Å². The van der Waals surface area contributed by atoms with Crippen LogP contribution in [0.2, 0.25) is 0 Å². The van der Waals surface area contributed by atoms with Gasteiger partial charge in [0.2, 0.25) is 0 Å². The van der Waals surface area contributed by atoms with E-state index in [2.05, 4.69) is 11.8 Å². The highest BCUT2D eigenvalue weighted by Crippen LogP contribution is 2.08. The second-order valence-electron chi connectivity index (χ2n) is 3.48. The van der Waals surface area contributed by atoms with Crippen LogP contribution in [-0.2, 0) is 4.74 Å². The molecule has 0 aliphatic heterocycles. The molecule has 90 valence electrons. The van der Waals surface area contributed by atoms with Gasteiger partial charge in [-0.2, -0.15) is 0 Å². The van der Waals surface area contributed by atoms with Crippen LogP contribution in [0, 0.1) is 0 Å². The minimum absolute atomic E-state index is 0.150. The first-order valence-corrected chi connectivity index (χ1v) is 5.68. The first-order chi connectivity index (χ1) is 7.15. The zero-order chi connectivity index (χ0) is 11.7. The Balaban J connectivity index is 4.18. The Morgan fingerprint density at radius 3 is 2.60 bits per heavy atom. The number of aliphatic hydroxyl groups is 1. The van der Waals surface area contributed by atoms with Gasteiger partial charge in [0.25, 0.3) is 0 Å². The summed E-state index contributed by atoms with van der Waals surface area (Å²) in [6.45, 7) is 4.36. The Kier molecular flexibility index (Phi) is 8.89. The molecule has 0 radical (unpaired) electrons. The van der Waals surface area contributed by atoms with E-state index in [1.165, 1.54) is 0 Å². The van der Waals surface area contributed by atoms with Crippen molar-refractivity contribution in [2.75, 3.05) is 33.4 Å². The molecule has 3 N–H and O–H groups in total. The zero-order valence-electron chi connectivity index (χ0n) is 9.61. The van der Waals surface area contributed by atoms with Crippen molar-refractivity contribution in [1.29, 1.82) is 0 Å². The van der Waals surface area contributed by atoms with Gasteiger partial charge in [-0.3, -0.25) is 4.90 Å². The molecule has 1 unspecified atom stereocenters. The number of nitrogens with two attached hydrogens (primary N) is 1. The molecule has 0 aliphatic rings. The predicted octanol–water partition coefficient (Wildman–Crippen LogP) is 0.382. The third-order valence-electron chi connectivity index (χ3n) is 2.39. The van der Waals surface area contributed by atoms with Crippen molar-refractivity contribution >= 4 is 17.2 Å². The largest absolute Gasteiger partial charge is 0.395 e. The maximum atomic E-state index is 8.97. The molecule has 0 aliphatic carbocycles. The lowest BCUT2D eigenvalue weighted by molar-refractivity contribution is 0.101. The topological polar surface area (TPSA) is 58.7 Å². The molecular formula is C10H22N2O2S. The highest BCUT2D eigenvalue weighted by Gasteiger charge is 2.16. The van der Waals surface area contributed by atoms with Crippen molar-refractivity contribution in [2.45, 2.75) is 25.8 Å². The number of thiocarbonyl (C=S) groups is 1. The Morgan fingerprint density at radius 1 is 1.53 bits per heavy atom. The maximum absolute atomic E-state index is 8.97. The van der Waals surface area contributed by atoms with E-state index < -0.39 is 0 Å². The Bertz CT molecular complexity index is 179. The van der Waals surface area contributed by atoms with Crippen LogP contribution in [0.25, 0.3) is 0 Å². The van der Waals surface area contributed by atoms with Crippen LogP contribution in [0.4, 0.5) is 0 Å². The van der Waals surface area contributed by atoms with Crippen molar-refractivity contribution < 1.29 is 9.84 Å². The number of rotatable bonds is 9. The van der Waals surface area contributed by atoms with Crippen LogP contribution < -0.4 is 5.73 Å². The highest BCUT2D eigenvalue weighted by molar-refractivity contribution is 7.80. The predicted molar refractivity (Wildman–Crippen MR) is 66.0 cm³/mol. The van der Waals surface area contributed by atoms with Crippen molar-refractivity contribution in [3.8, 4) is 0 Å². The van der Waals surface area contributed by atoms with Crippen molar-refractivity contribution in [2.24, 2.45) is 5.73 Å². The number of methoxy groups -OCH3 is 1. The average molecular weight is 234 g/mol. The molecule has 0 saturated carbocycles. The fraction of sp³-hybridized carbons (Fsp3) is 0.900. The van der Waals surface area contributed by atoms with E-state index in [0.717, 1.165) is 13.0 Å². The molecule has 0 spiro atoms. The molecule has 15 heavy (non-hydrogen) atoms.